The van der Waals surface area contributed by atoms with Crippen molar-refractivity contribution >= 4 is 23.5 Å². The lowest BCUT2D eigenvalue weighted by molar-refractivity contribution is 0.0752. The van der Waals surface area contributed by atoms with Crippen molar-refractivity contribution in [1.29, 1.82) is 0 Å². The number of hydrogen-bond acceptors (Lipinski definition) is 4. The topological polar surface area (TPSA) is 45.2 Å². The smallest absolute Gasteiger partial charge is 0.272 e. The van der Waals surface area contributed by atoms with Crippen molar-refractivity contribution < 1.29 is 4.79 Å². The summed E-state index contributed by atoms with van der Waals surface area (Å²) >= 11 is 1.73. The summed E-state index contributed by atoms with van der Waals surface area (Å²) in [7, 11) is 3.60. The number of rotatable bonds is 5. The minimum absolute atomic E-state index is 0.0383. The first-order chi connectivity index (χ1) is 8.10. The summed E-state index contributed by atoms with van der Waals surface area (Å²) in [6, 6.07) is 5.62. The second-order valence-electron chi connectivity index (χ2n) is 3.88. The first-order valence-electron chi connectivity index (χ1n) is 5.51. The van der Waals surface area contributed by atoms with Crippen molar-refractivity contribution in [2.75, 3.05) is 31.4 Å². The van der Waals surface area contributed by atoms with Gasteiger partial charge in [0, 0.05) is 25.9 Å². The minimum Gasteiger partial charge on any atom is -0.373 e. The van der Waals surface area contributed by atoms with Crippen LogP contribution in [0.3, 0.4) is 0 Å². The molecule has 1 aromatic rings. The molecule has 0 saturated carbocycles. The minimum atomic E-state index is -0.0383. The summed E-state index contributed by atoms with van der Waals surface area (Å²) in [6.45, 7) is 2.04. The lowest BCUT2D eigenvalue weighted by Crippen LogP contribution is -2.37. The van der Waals surface area contributed by atoms with E-state index in [4.69, 9.17) is 0 Å². The molecule has 5 heteroatoms. The summed E-state index contributed by atoms with van der Waals surface area (Å²) in [4.78, 5) is 18.1. The van der Waals surface area contributed by atoms with E-state index in [9.17, 15) is 4.79 Å². The summed E-state index contributed by atoms with van der Waals surface area (Å²) in [5.74, 6) is 1.60. The number of nitrogens with one attached hydrogen (secondary N) is 1. The van der Waals surface area contributed by atoms with Gasteiger partial charge in [-0.3, -0.25) is 4.79 Å². The van der Waals surface area contributed by atoms with Gasteiger partial charge in [0.25, 0.3) is 5.91 Å². The van der Waals surface area contributed by atoms with Crippen LogP contribution >= 0.6 is 11.8 Å². The van der Waals surface area contributed by atoms with Gasteiger partial charge in [-0.1, -0.05) is 6.07 Å². The average molecular weight is 253 g/mol. The number of amides is 1. The van der Waals surface area contributed by atoms with E-state index in [2.05, 4.69) is 10.3 Å². The van der Waals surface area contributed by atoms with Gasteiger partial charge in [-0.15, -0.1) is 0 Å². The fourth-order valence-electron chi connectivity index (χ4n) is 1.43. The van der Waals surface area contributed by atoms with Crippen LogP contribution in [0, 0.1) is 0 Å². The normalized spacial score (nSPS) is 12.0. The number of hydrogen-bond donors (Lipinski definition) is 1. The third-order valence-electron chi connectivity index (χ3n) is 2.61. The molecule has 17 heavy (non-hydrogen) atoms. The molecule has 1 heterocycles. The molecule has 0 aliphatic rings. The predicted molar refractivity (Wildman–Crippen MR) is 73.7 cm³/mol. The Morgan fingerprint density at radius 1 is 1.59 bits per heavy atom. The van der Waals surface area contributed by atoms with Gasteiger partial charge >= 0.3 is 0 Å². The molecule has 1 amide bonds. The number of pyridine rings is 1. The van der Waals surface area contributed by atoms with Crippen LogP contribution in [0.5, 0.6) is 0 Å². The number of nitrogens with zero attached hydrogens (tertiary/aromatic N) is 2. The number of carbonyl (C=O) groups excluding carboxylic acids is 1. The van der Waals surface area contributed by atoms with Crippen LogP contribution in [0.25, 0.3) is 0 Å². The van der Waals surface area contributed by atoms with Crippen molar-refractivity contribution in [3.8, 4) is 0 Å². The van der Waals surface area contributed by atoms with E-state index < -0.39 is 0 Å². The molecule has 0 bridgehead atoms. The summed E-state index contributed by atoms with van der Waals surface area (Å²) in [6.07, 6.45) is 2.04. The third-order valence-corrected chi connectivity index (χ3v) is 3.43. The SMILES string of the molecule is CNc1cccc(C(=O)N(C)C(C)CSC)n1. The highest BCUT2D eigenvalue weighted by atomic mass is 32.2. The van der Waals surface area contributed by atoms with E-state index in [1.165, 1.54) is 0 Å². The van der Waals surface area contributed by atoms with E-state index >= 15 is 0 Å². The van der Waals surface area contributed by atoms with E-state index in [1.807, 2.05) is 32.4 Å². The molecule has 0 radical (unpaired) electrons. The second-order valence-corrected chi connectivity index (χ2v) is 4.79. The van der Waals surface area contributed by atoms with E-state index in [0.29, 0.717) is 11.5 Å². The molecule has 0 aromatic carbocycles. The Morgan fingerprint density at radius 2 is 2.29 bits per heavy atom. The summed E-state index contributed by atoms with van der Waals surface area (Å²) < 4.78 is 0. The third kappa shape index (κ3) is 3.63. The Hall–Kier alpha value is -1.23. The predicted octanol–water partition coefficient (Wildman–Crippen LogP) is 1.95. The van der Waals surface area contributed by atoms with Gasteiger partial charge in [-0.2, -0.15) is 11.8 Å². The van der Waals surface area contributed by atoms with Gasteiger partial charge in [0.2, 0.25) is 0 Å². The number of thioether (sulfide) groups is 1. The fourth-order valence-corrected chi connectivity index (χ4v) is 2.13. The molecule has 1 N–H and O–H groups in total. The maximum Gasteiger partial charge on any atom is 0.272 e. The maximum atomic E-state index is 12.2. The molecule has 0 aliphatic carbocycles. The van der Waals surface area contributed by atoms with Crippen LogP contribution in [-0.4, -0.2) is 47.9 Å². The van der Waals surface area contributed by atoms with Crippen LogP contribution in [0.4, 0.5) is 5.82 Å². The molecule has 0 aliphatic heterocycles. The summed E-state index contributed by atoms with van der Waals surface area (Å²) in [5.41, 5.74) is 0.479. The first kappa shape index (κ1) is 13.8. The van der Waals surface area contributed by atoms with Crippen LogP contribution < -0.4 is 5.32 Å². The zero-order valence-electron chi connectivity index (χ0n) is 10.7. The van der Waals surface area contributed by atoms with Crippen LogP contribution in [0.2, 0.25) is 0 Å². The lowest BCUT2D eigenvalue weighted by Gasteiger charge is -2.24. The molecule has 1 atom stereocenters. The zero-order chi connectivity index (χ0) is 12.8. The molecule has 1 unspecified atom stereocenters. The van der Waals surface area contributed by atoms with E-state index in [1.54, 1.807) is 29.8 Å². The molecular formula is C12H19N3OS. The van der Waals surface area contributed by atoms with Crippen molar-refractivity contribution in [1.82, 2.24) is 9.88 Å². The lowest BCUT2D eigenvalue weighted by atomic mass is 10.2. The summed E-state index contributed by atoms with van der Waals surface area (Å²) in [5, 5.41) is 2.93. The molecule has 0 fully saturated rings. The molecule has 1 aromatic heterocycles. The molecule has 94 valence electrons. The Balaban J connectivity index is 2.80. The molecule has 0 spiro atoms. The second kappa shape index (κ2) is 6.49. The van der Waals surface area contributed by atoms with E-state index in [0.717, 1.165) is 5.75 Å². The average Bonchev–Trinajstić information content (AvgIpc) is 2.37. The van der Waals surface area contributed by atoms with Gasteiger partial charge < -0.3 is 10.2 Å². The zero-order valence-corrected chi connectivity index (χ0v) is 11.5. The molecular weight excluding hydrogens is 234 g/mol. The van der Waals surface area contributed by atoms with Crippen molar-refractivity contribution in [2.24, 2.45) is 0 Å². The van der Waals surface area contributed by atoms with Gasteiger partial charge in [0.1, 0.15) is 11.5 Å². The van der Waals surface area contributed by atoms with Crippen LogP contribution in [0.1, 0.15) is 17.4 Å². The Labute approximate surface area is 107 Å². The monoisotopic (exact) mass is 253 g/mol. The van der Waals surface area contributed by atoms with Gasteiger partial charge in [0.15, 0.2) is 0 Å². The standard InChI is InChI=1S/C12H19N3OS/c1-9(8-17-4)15(3)12(16)10-6-5-7-11(13-2)14-10/h5-7,9H,8H2,1-4H3,(H,13,14). The Kier molecular flexibility index (Phi) is 5.28. The number of aromatic nitrogens is 1. The largest absolute Gasteiger partial charge is 0.373 e. The number of carbonyl (C=O) groups is 1. The number of anilines is 1. The van der Waals surface area contributed by atoms with Gasteiger partial charge in [-0.25, -0.2) is 4.98 Å². The fraction of sp³-hybridized carbons (Fsp3) is 0.500. The van der Waals surface area contributed by atoms with Gasteiger partial charge in [-0.05, 0) is 25.3 Å². The van der Waals surface area contributed by atoms with Crippen LogP contribution in [-0.2, 0) is 0 Å². The molecule has 4 nitrogen and oxygen atoms in total. The molecule has 1 rings (SSSR count). The van der Waals surface area contributed by atoms with Crippen LogP contribution in [0.15, 0.2) is 18.2 Å². The highest BCUT2D eigenvalue weighted by molar-refractivity contribution is 7.98. The molecule has 0 saturated heterocycles. The van der Waals surface area contributed by atoms with Crippen molar-refractivity contribution in [2.45, 2.75) is 13.0 Å². The first-order valence-corrected chi connectivity index (χ1v) is 6.90. The quantitative estimate of drug-likeness (QED) is 0.871. The maximum absolute atomic E-state index is 12.2. The van der Waals surface area contributed by atoms with E-state index in [-0.39, 0.29) is 11.9 Å². The van der Waals surface area contributed by atoms with Gasteiger partial charge in [0.05, 0.1) is 0 Å². The van der Waals surface area contributed by atoms with Crippen molar-refractivity contribution in [3.05, 3.63) is 23.9 Å². The Bertz CT molecular complexity index is 384. The highest BCUT2D eigenvalue weighted by Gasteiger charge is 2.18. The van der Waals surface area contributed by atoms with Crippen molar-refractivity contribution in [3.63, 3.8) is 0 Å². The highest BCUT2D eigenvalue weighted by Crippen LogP contribution is 2.10. The Morgan fingerprint density at radius 3 is 2.88 bits per heavy atom.